The molecule has 2 N–H and O–H groups in total. The summed E-state index contributed by atoms with van der Waals surface area (Å²) in [5.74, 6) is -0.472. The number of ether oxygens (including phenoxy) is 1. The van der Waals surface area contributed by atoms with Gasteiger partial charge in [-0.05, 0) is 12.1 Å². The van der Waals surface area contributed by atoms with Gasteiger partial charge in [-0.2, -0.15) is 5.10 Å². The van der Waals surface area contributed by atoms with Crippen molar-refractivity contribution in [2.75, 3.05) is 12.8 Å². The molecular formula is C12H12ClN3O2S. The summed E-state index contributed by atoms with van der Waals surface area (Å²) in [6, 6.07) is 3.16. The van der Waals surface area contributed by atoms with Gasteiger partial charge in [-0.3, -0.25) is 4.68 Å². The maximum Gasteiger partial charge on any atom is 0.339 e. The van der Waals surface area contributed by atoms with Crippen LogP contribution in [0.15, 0.2) is 34.3 Å². The summed E-state index contributed by atoms with van der Waals surface area (Å²) >= 11 is 7.50. The molecule has 19 heavy (non-hydrogen) atoms. The normalized spacial score (nSPS) is 10.5. The molecule has 1 aromatic heterocycles. The summed E-state index contributed by atoms with van der Waals surface area (Å²) in [5.41, 5.74) is 6.47. The van der Waals surface area contributed by atoms with Crippen LogP contribution in [0.3, 0.4) is 0 Å². The van der Waals surface area contributed by atoms with E-state index in [9.17, 15) is 4.79 Å². The zero-order chi connectivity index (χ0) is 14.0. The van der Waals surface area contributed by atoms with E-state index in [0.717, 1.165) is 4.90 Å². The zero-order valence-corrected chi connectivity index (χ0v) is 12.0. The fraction of sp³-hybridized carbons (Fsp3) is 0.167. The maximum atomic E-state index is 11.8. The smallest absolute Gasteiger partial charge is 0.339 e. The molecule has 0 aliphatic carbocycles. The Morgan fingerprint density at radius 1 is 1.53 bits per heavy atom. The van der Waals surface area contributed by atoms with Crippen molar-refractivity contribution in [2.45, 2.75) is 9.79 Å². The second-order valence-corrected chi connectivity index (χ2v) is 5.31. The molecule has 1 heterocycles. The molecule has 0 saturated carbocycles. The molecule has 0 radical (unpaired) electrons. The Balaban J connectivity index is 2.45. The summed E-state index contributed by atoms with van der Waals surface area (Å²) in [5, 5.41) is 4.48. The quantitative estimate of drug-likeness (QED) is 0.696. The van der Waals surface area contributed by atoms with Crippen molar-refractivity contribution >= 4 is 35.0 Å². The fourth-order valence-electron chi connectivity index (χ4n) is 1.55. The lowest BCUT2D eigenvalue weighted by molar-refractivity contribution is 0.0597. The van der Waals surface area contributed by atoms with E-state index < -0.39 is 5.97 Å². The number of hydrogen-bond donors (Lipinski definition) is 1. The zero-order valence-electron chi connectivity index (χ0n) is 10.4. The monoisotopic (exact) mass is 297 g/mol. The number of esters is 1. The summed E-state index contributed by atoms with van der Waals surface area (Å²) in [6.07, 6.45) is 3.52. The number of halogens is 1. The van der Waals surface area contributed by atoms with E-state index in [0.29, 0.717) is 21.2 Å². The number of anilines is 1. The third kappa shape index (κ3) is 3.02. The maximum absolute atomic E-state index is 11.8. The lowest BCUT2D eigenvalue weighted by Gasteiger charge is -2.09. The average molecular weight is 298 g/mol. The number of methoxy groups -OCH3 is 1. The Kier molecular flexibility index (Phi) is 4.01. The number of aromatic nitrogens is 2. The highest BCUT2D eigenvalue weighted by Crippen LogP contribution is 2.37. The first kappa shape index (κ1) is 13.8. The number of nitrogen functional groups attached to an aromatic ring is 1. The van der Waals surface area contributed by atoms with E-state index >= 15 is 0 Å². The van der Waals surface area contributed by atoms with Gasteiger partial charge in [0.15, 0.2) is 0 Å². The van der Waals surface area contributed by atoms with E-state index in [4.69, 9.17) is 22.1 Å². The van der Waals surface area contributed by atoms with Crippen LogP contribution in [0.4, 0.5) is 5.69 Å². The van der Waals surface area contributed by atoms with Crippen LogP contribution in [0, 0.1) is 0 Å². The molecule has 0 amide bonds. The first-order valence-corrected chi connectivity index (χ1v) is 6.54. The van der Waals surface area contributed by atoms with Gasteiger partial charge in [-0.25, -0.2) is 4.79 Å². The van der Waals surface area contributed by atoms with E-state index in [1.54, 1.807) is 23.0 Å². The minimum Gasteiger partial charge on any atom is -0.465 e. The molecule has 0 spiro atoms. The Bertz CT molecular complexity index is 627. The molecule has 0 aliphatic heterocycles. The molecule has 1 aromatic carbocycles. The molecule has 0 atom stereocenters. The SMILES string of the molecule is COC(=O)c1cc(N)cc(Cl)c1Sc1cnn(C)c1. The molecule has 2 aromatic rings. The Morgan fingerprint density at radius 2 is 2.26 bits per heavy atom. The molecule has 0 saturated heterocycles. The van der Waals surface area contributed by atoms with E-state index in [1.807, 2.05) is 13.2 Å². The van der Waals surface area contributed by atoms with Crippen molar-refractivity contribution < 1.29 is 9.53 Å². The summed E-state index contributed by atoms with van der Waals surface area (Å²) in [4.78, 5) is 13.2. The number of nitrogens with two attached hydrogens (primary N) is 1. The van der Waals surface area contributed by atoms with Crippen molar-refractivity contribution in [3.05, 3.63) is 35.1 Å². The van der Waals surface area contributed by atoms with Gasteiger partial charge in [-0.1, -0.05) is 23.4 Å². The van der Waals surface area contributed by atoms with Gasteiger partial charge in [0.2, 0.25) is 0 Å². The second kappa shape index (κ2) is 5.54. The molecule has 0 fully saturated rings. The predicted octanol–water partition coefficient (Wildman–Crippen LogP) is 2.59. The van der Waals surface area contributed by atoms with Gasteiger partial charge >= 0.3 is 5.97 Å². The largest absolute Gasteiger partial charge is 0.465 e. The molecule has 7 heteroatoms. The van der Waals surface area contributed by atoms with Crippen LogP contribution in [-0.2, 0) is 11.8 Å². The Morgan fingerprint density at radius 3 is 2.84 bits per heavy atom. The molecule has 100 valence electrons. The van der Waals surface area contributed by atoms with E-state index in [1.165, 1.54) is 18.9 Å². The number of nitrogens with zero attached hydrogens (tertiary/aromatic N) is 2. The van der Waals surface area contributed by atoms with Gasteiger partial charge in [-0.15, -0.1) is 0 Å². The van der Waals surface area contributed by atoms with Crippen LogP contribution >= 0.6 is 23.4 Å². The van der Waals surface area contributed by atoms with Crippen molar-refractivity contribution in [1.29, 1.82) is 0 Å². The minimum atomic E-state index is -0.472. The Hall–Kier alpha value is -1.66. The fourth-order valence-corrected chi connectivity index (χ4v) is 2.84. The Labute approximate surface area is 119 Å². The average Bonchev–Trinajstić information content (AvgIpc) is 2.77. The molecule has 0 aliphatic rings. The lowest BCUT2D eigenvalue weighted by atomic mass is 10.2. The van der Waals surface area contributed by atoms with Gasteiger partial charge < -0.3 is 10.5 Å². The van der Waals surface area contributed by atoms with Crippen LogP contribution in [0.5, 0.6) is 0 Å². The lowest BCUT2D eigenvalue weighted by Crippen LogP contribution is -2.04. The van der Waals surface area contributed by atoms with Crippen LogP contribution in [-0.4, -0.2) is 22.9 Å². The first-order valence-electron chi connectivity index (χ1n) is 5.35. The number of carbonyl (C=O) groups is 1. The van der Waals surface area contributed by atoms with Gasteiger partial charge in [0, 0.05) is 23.8 Å². The first-order chi connectivity index (χ1) is 9.01. The highest BCUT2D eigenvalue weighted by Gasteiger charge is 2.17. The molecule has 0 bridgehead atoms. The minimum absolute atomic E-state index is 0.348. The van der Waals surface area contributed by atoms with Crippen LogP contribution in [0.2, 0.25) is 5.02 Å². The van der Waals surface area contributed by atoms with Gasteiger partial charge in [0.25, 0.3) is 0 Å². The van der Waals surface area contributed by atoms with Crippen molar-refractivity contribution in [2.24, 2.45) is 7.05 Å². The third-order valence-corrected chi connectivity index (χ3v) is 3.87. The van der Waals surface area contributed by atoms with Crippen LogP contribution < -0.4 is 5.73 Å². The summed E-state index contributed by atoms with van der Waals surface area (Å²) < 4.78 is 6.41. The molecular weight excluding hydrogens is 286 g/mol. The predicted molar refractivity (Wildman–Crippen MR) is 74.5 cm³/mol. The number of hydrogen-bond acceptors (Lipinski definition) is 5. The summed E-state index contributed by atoms with van der Waals surface area (Å²) in [7, 11) is 3.13. The van der Waals surface area contributed by atoms with Crippen LogP contribution in [0.25, 0.3) is 0 Å². The summed E-state index contributed by atoms with van der Waals surface area (Å²) in [6.45, 7) is 0. The third-order valence-electron chi connectivity index (χ3n) is 2.37. The number of benzene rings is 1. The highest BCUT2D eigenvalue weighted by atomic mass is 35.5. The van der Waals surface area contributed by atoms with Gasteiger partial charge in [0.1, 0.15) is 0 Å². The number of carbonyl (C=O) groups excluding carboxylic acids is 1. The highest BCUT2D eigenvalue weighted by molar-refractivity contribution is 7.99. The van der Waals surface area contributed by atoms with Crippen molar-refractivity contribution in [3.8, 4) is 0 Å². The number of rotatable bonds is 3. The second-order valence-electron chi connectivity index (χ2n) is 3.82. The van der Waals surface area contributed by atoms with E-state index in [-0.39, 0.29) is 0 Å². The van der Waals surface area contributed by atoms with Crippen molar-refractivity contribution in [3.63, 3.8) is 0 Å². The van der Waals surface area contributed by atoms with Crippen molar-refractivity contribution in [1.82, 2.24) is 9.78 Å². The topological polar surface area (TPSA) is 70.1 Å². The van der Waals surface area contributed by atoms with Gasteiger partial charge in [0.05, 0.1) is 28.8 Å². The molecule has 2 rings (SSSR count). The molecule has 0 unspecified atom stereocenters. The van der Waals surface area contributed by atoms with Crippen LogP contribution in [0.1, 0.15) is 10.4 Å². The molecule has 5 nitrogen and oxygen atoms in total. The standard InChI is InChI=1S/C12H12ClN3O2S/c1-16-6-8(5-15-16)19-11-9(12(17)18-2)3-7(14)4-10(11)13/h3-6H,14H2,1-2H3. The van der Waals surface area contributed by atoms with E-state index in [2.05, 4.69) is 5.10 Å². The number of aryl methyl sites for hydroxylation is 1.